The van der Waals surface area contributed by atoms with Gasteiger partial charge in [-0.15, -0.1) is 0 Å². The van der Waals surface area contributed by atoms with E-state index in [9.17, 15) is 9.90 Å². The van der Waals surface area contributed by atoms with Crippen LogP contribution in [0, 0.1) is 0 Å². The molecule has 20 heavy (non-hydrogen) atoms. The van der Waals surface area contributed by atoms with Gasteiger partial charge >= 0.3 is 6.09 Å². The van der Waals surface area contributed by atoms with E-state index in [4.69, 9.17) is 27.9 Å². The number of hydrogen-bond donors (Lipinski definition) is 1. The minimum atomic E-state index is -0.916. The van der Waals surface area contributed by atoms with Crippen LogP contribution in [0.2, 0.25) is 10.0 Å². The summed E-state index contributed by atoms with van der Waals surface area (Å²) in [5.74, 6) is 0.524. The average Bonchev–Trinajstić information content (AvgIpc) is 2.55. The fourth-order valence-electron chi connectivity index (χ4n) is 3.40. The number of halogens is 2. The van der Waals surface area contributed by atoms with Crippen LogP contribution in [0.1, 0.15) is 32.1 Å². The van der Waals surface area contributed by atoms with Crippen LogP contribution in [0.5, 0.6) is 5.75 Å². The third kappa shape index (κ3) is 2.31. The number of hydrogen-bond acceptors (Lipinski definition) is 2. The molecule has 2 fully saturated rings. The molecule has 0 aromatic heterocycles. The maximum atomic E-state index is 11.5. The number of nitrogens with zero attached hydrogens (tertiary/aromatic N) is 1. The summed E-state index contributed by atoms with van der Waals surface area (Å²) >= 11 is 11.9. The van der Waals surface area contributed by atoms with E-state index >= 15 is 0 Å². The molecule has 2 saturated heterocycles. The lowest BCUT2D eigenvalue weighted by molar-refractivity contribution is -0.0795. The lowest BCUT2D eigenvalue weighted by Crippen LogP contribution is -2.56. The molecule has 1 N–H and O–H groups in total. The van der Waals surface area contributed by atoms with Gasteiger partial charge in [0, 0.05) is 28.9 Å². The molecule has 0 aliphatic carbocycles. The first-order valence-electron chi connectivity index (χ1n) is 6.68. The molecular weight excluding hydrogens is 301 g/mol. The highest BCUT2D eigenvalue weighted by atomic mass is 35.5. The van der Waals surface area contributed by atoms with Gasteiger partial charge in [0.2, 0.25) is 0 Å². The van der Waals surface area contributed by atoms with Crippen molar-refractivity contribution in [3.63, 3.8) is 0 Å². The van der Waals surface area contributed by atoms with Gasteiger partial charge in [0.15, 0.2) is 5.72 Å². The molecule has 4 nitrogen and oxygen atoms in total. The summed E-state index contributed by atoms with van der Waals surface area (Å²) in [7, 11) is 0. The Labute approximate surface area is 127 Å². The zero-order chi connectivity index (χ0) is 14.3. The van der Waals surface area contributed by atoms with Crippen LogP contribution in [0.15, 0.2) is 18.2 Å². The van der Waals surface area contributed by atoms with E-state index in [-0.39, 0.29) is 6.04 Å². The Bertz CT molecular complexity index is 527. The maximum Gasteiger partial charge on any atom is 0.410 e. The Hall–Kier alpha value is -1.13. The molecule has 0 spiro atoms. The third-order valence-electron chi connectivity index (χ3n) is 4.13. The summed E-state index contributed by atoms with van der Waals surface area (Å²) in [5.41, 5.74) is -0.761. The van der Waals surface area contributed by atoms with Crippen molar-refractivity contribution in [1.29, 1.82) is 0 Å². The molecule has 2 aliphatic heterocycles. The lowest BCUT2D eigenvalue weighted by Gasteiger charge is -2.42. The van der Waals surface area contributed by atoms with Crippen LogP contribution in [-0.2, 0) is 0 Å². The summed E-state index contributed by atoms with van der Waals surface area (Å²) in [4.78, 5) is 13.0. The predicted molar refractivity (Wildman–Crippen MR) is 76.6 cm³/mol. The van der Waals surface area contributed by atoms with Crippen molar-refractivity contribution in [2.45, 2.75) is 43.9 Å². The van der Waals surface area contributed by atoms with Gasteiger partial charge < -0.3 is 9.84 Å². The van der Waals surface area contributed by atoms with Crippen LogP contribution in [-0.4, -0.2) is 27.9 Å². The van der Waals surface area contributed by atoms with E-state index in [2.05, 4.69) is 0 Å². The van der Waals surface area contributed by atoms with Gasteiger partial charge in [-0.2, -0.15) is 0 Å². The molecule has 3 rings (SSSR count). The predicted octanol–water partition coefficient (Wildman–Crippen LogP) is 4.39. The Kier molecular flexibility index (Phi) is 3.46. The summed E-state index contributed by atoms with van der Waals surface area (Å²) in [6.07, 6.45) is 3.24. The van der Waals surface area contributed by atoms with E-state index in [0.29, 0.717) is 28.6 Å². The molecule has 2 aliphatic rings. The quantitative estimate of drug-likeness (QED) is 0.880. The second-order valence-corrected chi connectivity index (χ2v) is 6.26. The number of amides is 1. The van der Waals surface area contributed by atoms with Gasteiger partial charge in [0.05, 0.1) is 0 Å². The number of carbonyl (C=O) groups is 1. The Morgan fingerprint density at radius 2 is 1.95 bits per heavy atom. The van der Waals surface area contributed by atoms with Crippen molar-refractivity contribution in [3.8, 4) is 5.75 Å². The lowest BCUT2D eigenvalue weighted by atomic mass is 10.00. The van der Waals surface area contributed by atoms with Crippen LogP contribution in [0.3, 0.4) is 0 Å². The Morgan fingerprint density at radius 3 is 2.60 bits per heavy atom. The van der Waals surface area contributed by atoms with E-state index in [1.165, 1.54) is 4.90 Å². The number of benzene rings is 1. The van der Waals surface area contributed by atoms with Gasteiger partial charge in [0.1, 0.15) is 5.75 Å². The molecule has 0 saturated carbocycles. The molecule has 108 valence electrons. The molecule has 2 unspecified atom stereocenters. The summed E-state index contributed by atoms with van der Waals surface area (Å²) in [6.45, 7) is 0. The standard InChI is InChI=1S/C14H15Cl2NO3/c15-9-6-10(16)8-12(7-9)20-14-4-1-2-11(3-5-14)17(14)13(18)19/h6-8,11H,1-5H2,(H,18,19). The molecule has 2 atom stereocenters. The zero-order valence-corrected chi connectivity index (χ0v) is 12.3. The van der Waals surface area contributed by atoms with Gasteiger partial charge in [-0.1, -0.05) is 23.2 Å². The van der Waals surface area contributed by atoms with Crippen molar-refractivity contribution < 1.29 is 14.6 Å². The third-order valence-corrected chi connectivity index (χ3v) is 4.56. The average molecular weight is 316 g/mol. The molecule has 1 aromatic rings. The van der Waals surface area contributed by atoms with Crippen LogP contribution >= 0.6 is 23.2 Å². The number of ether oxygens (including phenoxy) is 1. The van der Waals surface area contributed by atoms with E-state index in [1.54, 1.807) is 18.2 Å². The second-order valence-electron chi connectivity index (χ2n) is 5.39. The van der Waals surface area contributed by atoms with Crippen molar-refractivity contribution in [1.82, 2.24) is 4.90 Å². The molecule has 6 heteroatoms. The monoisotopic (exact) mass is 315 g/mol. The number of piperidine rings is 1. The highest BCUT2D eigenvalue weighted by molar-refractivity contribution is 6.34. The molecule has 1 aromatic carbocycles. The van der Waals surface area contributed by atoms with Crippen molar-refractivity contribution in [2.24, 2.45) is 0 Å². The Morgan fingerprint density at radius 1 is 1.25 bits per heavy atom. The van der Waals surface area contributed by atoms with Crippen molar-refractivity contribution in [3.05, 3.63) is 28.2 Å². The maximum absolute atomic E-state index is 11.5. The highest BCUT2D eigenvalue weighted by Crippen LogP contribution is 2.45. The van der Waals surface area contributed by atoms with Gasteiger partial charge in [-0.3, -0.25) is 4.90 Å². The van der Waals surface area contributed by atoms with E-state index in [1.807, 2.05) is 0 Å². The first kappa shape index (κ1) is 13.8. The summed E-state index contributed by atoms with van der Waals surface area (Å²) in [6, 6.07) is 5.03. The van der Waals surface area contributed by atoms with Crippen LogP contribution < -0.4 is 4.74 Å². The number of rotatable bonds is 2. The fraction of sp³-hybridized carbons (Fsp3) is 0.500. The Balaban J connectivity index is 1.92. The van der Waals surface area contributed by atoms with Crippen LogP contribution in [0.25, 0.3) is 0 Å². The number of carboxylic acid groups (broad SMARTS) is 1. The topological polar surface area (TPSA) is 49.8 Å². The first-order chi connectivity index (χ1) is 9.50. The minimum Gasteiger partial charge on any atom is -0.468 e. The summed E-state index contributed by atoms with van der Waals surface area (Å²) in [5, 5.41) is 10.4. The molecule has 1 amide bonds. The van der Waals surface area contributed by atoms with E-state index < -0.39 is 11.8 Å². The van der Waals surface area contributed by atoms with Gasteiger partial charge in [0.25, 0.3) is 0 Å². The molecule has 0 radical (unpaired) electrons. The summed E-state index contributed by atoms with van der Waals surface area (Å²) < 4.78 is 6.05. The fourth-order valence-corrected chi connectivity index (χ4v) is 3.90. The zero-order valence-electron chi connectivity index (χ0n) is 10.8. The molecule has 2 bridgehead atoms. The first-order valence-corrected chi connectivity index (χ1v) is 7.43. The van der Waals surface area contributed by atoms with Crippen LogP contribution in [0.4, 0.5) is 4.79 Å². The normalized spacial score (nSPS) is 28.5. The number of fused-ring (bicyclic) bond motifs is 2. The highest BCUT2D eigenvalue weighted by Gasteiger charge is 2.53. The van der Waals surface area contributed by atoms with Crippen molar-refractivity contribution >= 4 is 29.3 Å². The van der Waals surface area contributed by atoms with E-state index in [0.717, 1.165) is 19.3 Å². The molecule has 2 heterocycles. The minimum absolute atomic E-state index is 0.0657. The largest absolute Gasteiger partial charge is 0.468 e. The van der Waals surface area contributed by atoms with Crippen molar-refractivity contribution in [2.75, 3.05) is 0 Å². The SMILES string of the molecule is O=C(O)N1C2CCCC1(Oc1cc(Cl)cc(Cl)c1)CC2. The smallest absolute Gasteiger partial charge is 0.410 e. The van der Waals surface area contributed by atoms with Gasteiger partial charge in [-0.05, 0) is 37.5 Å². The van der Waals surface area contributed by atoms with Gasteiger partial charge in [-0.25, -0.2) is 4.79 Å². The second kappa shape index (κ2) is 5.01. The molecular formula is C14H15Cl2NO3.